The molecule has 5 heteroatoms. The topological polar surface area (TPSA) is 62.6 Å². The molecule has 0 saturated heterocycles. The number of aliphatic hydroxyl groups is 1. The normalized spacial score (nSPS) is 12.7. The number of hydrogen-bond acceptors (Lipinski definition) is 4. The van der Waals surface area contributed by atoms with Crippen molar-refractivity contribution in [1.82, 2.24) is 4.98 Å². The Morgan fingerprint density at radius 3 is 2.50 bits per heavy atom. The van der Waals surface area contributed by atoms with Crippen molar-refractivity contribution >= 4 is 23.5 Å². The van der Waals surface area contributed by atoms with Crippen LogP contribution in [-0.2, 0) is 4.65 Å². The quantitative estimate of drug-likeness (QED) is 0.828. The molecule has 0 spiro atoms. The fourth-order valence-electron chi connectivity index (χ4n) is 1.73. The number of nitrogens with zero attached hydrogens (tertiary/aromatic N) is 1. The van der Waals surface area contributed by atoms with E-state index >= 15 is 0 Å². The van der Waals surface area contributed by atoms with E-state index in [0.717, 1.165) is 10.9 Å². The number of benzene rings is 1. The maximum Gasteiger partial charge on any atom is 0.491 e. The van der Waals surface area contributed by atoms with Crippen molar-refractivity contribution in [3.63, 3.8) is 0 Å². The average Bonchev–Trinajstić information content (AvgIpc) is 2.36. The van der Waals surface area contributed by atoms with E-state index in [4.69, 9.17) is 4.65 Å². The van der Waals surface area contributed by atoms with Crippen molar-refractivity contribution < 1.29 is 14.8 Å². The molecule has 0 aliphatic heterocycles. The van der Waals surface area contributed by atoms with Gasteiger partial charge in [-0.1, -0.05) is 18.2 Å². The van der Waals surface area contributed by atoms with Crippen molar-refractivity contribution in [2.45, 2.75) is 38.9 Å². The number of aromatic nitrogens is 1. The molecule has 106 valence electrons. The first-order valence-corrected chi connectivity index (χ1v) is 6.64. The van der Waals surface area contributed by atoms with Crippen LogP contribution in [0, 0.1) is 0 Å². The predicted molar refractivity (Wildman–Crippen MR) is 80.8 cm³/mol. The molecule has 0 amide bonds. The van der Waals surface area contributed by atoms with E-state index in [-0.39, 0.29) is 0 Å². The first kappa shape index (κ1) is 15.0. The summed E-state index contributed by atoms with van der Waals surface area (Å²) in [4.78, 5) is 4.25. The molecule has 4 nitrogen and oxygen atoms in total. The smallest absolute Gasteiger partial charge is 0.423 e. The largest absolute Gasteiger partial charge is 0.491 e. The van der Waals surface area contributed by atoms with Crippen LogP contribution in [0.25, 0.3) is 10.9 Å². The lowest BCUT2D eigenvalue weighted by Crippen LogP contribution is -2.53. The molecule has 0 bridgehead atoms. The zero-order chi connectivity index (χ0) is 15.0. The third-order valence-electron chi connectivity index (χ3n) is 3.79. The van der Waals surface area contributed by atoms with Crippen LogP contribution in [0.5, 0.6) is 0 Å². The predicted octanol–water partition coefficient (Wildman–Crippen LogP) is 1.49. The second-order valence-electron chi connectivity index (χ2n) is 6.00. The molecule has 1 aromatic heterocycles. The van der Waals surface area contributed by atoms with Crippen LogP contribution in [0.3, 0.4) is 0 Å². The summed E-state index contributed by atoms with van der Waals surface area (Å²) in [5.41, 5.74) is -0.531. The lowest BCUT2D eigenvalue weighted by Gasteiger charge is -2.38. The van der Waals surface area contributed by atoms with E-state index in [9.17, 15) is 10.1 Å². The Morgan fingerprint density at radius 1 is 1.15 bits per heavy atom. The Kier molecular flexibility index (Phi) is 3.87. The van der Waals surface area contributed by atoms with E-state index in [2.05, 4.69) is 4.98 Å². The molecule has 0 fully saturated rings. The fourth-order valence-corrected chi connectivity index (χ4v) is 1.73. The van der Waals surface area contributed by atoms with Crippen LogP contribution in [-0.4, -0.2) is 33.4 Å². The van der Waals surface area contributed by atoms with Gasteiger partial charge in [0.2, 0.25) is 0 Å². The lowest BCUT2D eigenvalue weighted by molar-refractivity contribution is -0.0982. The van der Waals surface area contributed by atoms with E-state index < -0.39 is 18.3 Å². The maximum atomic E-state index is 10.2. The lowest BCUT2D eigenvalue weighted by atomic mass is 9.76. The minimum absolute atomic E-state index is 0.619. The van der Waals surface area contributed by atoms with Crippen LogP contribution < -0.4 is 5.46 Å². The second kappa shape index (κ2) is 5.16. The van der Waals surface area contributed by atoms with Crippen LogP contribution in [0.1, 0.15) is 27.7 Å². The summed E-state index contributed by atoms with van der Waals surface area (Å²) in [6.07, 6.45) is 1.71. The standard InChI is InChI=1S/C15H20BNO3/c1-14(2,18)15(3,4)20-16(19)12-8-7-11-6-5-9-17-13(11)10-12/h5-10,18-19H,1-4H3. The number of rotatable bonds is 4. The van der Waals surface area contributed by atoms with Crippen molar-refractivity contribution in [2.24, 2.45) is 0 Å². The van der Waals surface area contributed by atoms with Gasteiger partial charge in [-0.2, -0.15) is 0 Å². The number of fused-ring (bicyclic) bond motifs is 1. The fraction of sp³-hybridized carbons (Fsp3) is 0.400. The van der Waals surface area contributed by atoms with Gasteiger partial charge in [-0.25, -0.2) is 0 Å². The van der Waals surface area contributed by atoms with Gasteiger partial charge >= 0.3 is 7.12 Å². The summed E-state index contributed by atoms with van der Waals surface area (Å²) in [5.74, 6) is 0. The molecular formula is C15H20BNO3. The van der Waals surface area contributed by atoms with Gasteiger partial charge in [0.25, 0.3) is 0 Å². The van der Waals surface area contributed by atoms with Crippen molar-refractivity contribution in [3.8, 4) is 0 Å². The highest BCUT2D eigenvalue weighted by Gasteiger charge is 2.39. The van der Waals surface area contributed by atoms with Gasteiger partial charge in [0, 0.05) is 11.6 Å². The Labute approximate surface area is 119 Å². The summed E-state index contributed by atoms with van der Waals surface area (Å²) < 4.78 is 5.61. The Hall–Kier alpha value is -1.43. The first-order valence-electron chi connectivity index (χ1n) is 6.64. The molecule has 0 unspecified atom stereocenters. The molecule has 0 saturated carbocycles. The highest BCUT2D eigenvalue weighted by Crippen LogP contribution is 2.25. The monoisotopic (exact) mass is 273 g/mol. The summed E-state index contributed by atoms with van der Waals surface area (Å²) >= 11 is 0. The average molecular weight is 273 g/mol. The Morgan fingerprint density at radius 2 is 1.85 bits per heavy atom. The summed E-state index contributed by atoms with van der Waals surface area (Å²) in [6.45, 7) is 6.80. The van der Waals surface area contributed by atoms with Gasteiger partial charge in [-0.3, -0.25) is 4.98 Å². The van der Waals surface area contributed by atoms with Crippen LogP contribution in [0.4, 0.5) is 0 Å². The highest BCUT2D eigenvalue weighted by molar-refractivity contribution is 6.60. The Balaban J connectivity index is 2.25. The van der Waals surface area contributed by atoms with E-state index in [1.807, 2.05) is 18.2 Å². The number of pyridine rings is 1. The molecule has 1 aromatic carbocycles. The summed E-state index contributed by atoms with van der Waals surface area (Å²) in [7, 11) is -1.11. The minimum Gasteiger partial charge on any atom is -0.423 e. The second-order valence-corrected chi connectivity index (χ2v) is 6.00. The third-order valence-corrected chi connectivity index (χ3v) is 3.79. The first-order chi connectivity index (χ1) is 9.21. The van der Waals surface area contributed by atoms with Gasteiger partial charge in [-0.05, 0) is 45.3 Å². The van der Waals surface area contributed by atoms with Crippen LogP contribution in [0.2, 0.25) is 0 Å². The molecular weight excluding hydrogens is 253 g/mol. The molecule has 2 N–H and O–H groups in total. The zero-order valence-electron chi connectivity index (χ0n) is 12.3. The molecule has 0 radical (unpaired) electrons. The van der Waals surface area contributed by atoms with Crippen LogP contribution >= 0.6 is 0 Å². The van der Waals surface area contributed by atoms with E-state index in [0.29, 0.717) is 5.46 Å². The minimum atomic E-state index is -1.11. The maximum absolute atomic E-state index is 10.2. The van der Waals surface area contributed by atoms with E-state index in [1.165, 1.54) is 0 Å². The molecule has 2 aromatic rings. The zero-order valence-corrected chi connectivity index (χ0v) is 12.3. The molecule has 0 aliphatic carbocycles. The van der Waals surface area contributed by atoms with Crippen LogP contribution in [0.15, 0.2) is 36.5 Å². The van der Waals surface area contributed by atoms with Crippen molar-refractivity contribution in [2.75, 3.05) is 0 Å². The number of hydrogen-bond donors (Lipinski definition) is 2. The van der Waals surface area contributed by atoms with Gasteiger partial charge < -0.3 is 14.8 Å². The summed E-state index contributed by atoms with van der Waals surface area (Å²) in [6, 6.07) is 9.31. The van der Waals surface area contributed by atoms with Gasteiger partial charge in [0.05, 0.1) is 16.7 Å². The Bertz CT molecular complexity index is 607. The highest BCUT2D eigenvalue weighted by atomic mass is 16.5. The van der Waals surface area contributed by atoms with Crippen molar-refractivity contribution in [3.05, 3.63) is 36.5 Å². The van der Waals surface area contributed by atoms with E-state index in [1.54, 1.807) is 46.0 Å². The molecule has 20 heavy (non-hydrogen) atoms. The molecule has 1 heterocycles. The summed E-state index contributed by atoms with van der Waals surface area (Å²) in [5, 5.41) is 21.3. The van der Waals surface area contributed by atoms with Crippen molar-refractivity contribution in [1.29, 1.82) is 0 Å². The SMILES string of the molecule is CC(C)(O)C(C)(C)OB(O)c1ccc2cccnc2c1. The molecule has 0 aliphatic rings. The molecule has 0 atom stereocenters. The van der Waals surface area contributed by atoms with Gasteiger partial charge in [-0.15, -0.1) is 0 Å². The van der Waals surface area contributed by atoms with Gasteiger partial charge in [0.1, 0.15) is 0 Å². The van der Waals surface area contributed by atoms with Gasteiger partial charge in [0.15, 0.2) is 0 Å². The molecule has 2 rings (SSSR count). The third kappa shape index (κ3) is 3.01.